The minimum absolute atomic E-state index is 0.0229. The molecule has 0 unspecified atom stereocenters. The number of ether oxygens (including phenoxy) is 2. The SMILES string of the molecule is CCOc1ccc(OCC)c(NC(=O)[C@@H]2CCCN(c3ncccn3)C2)c1. The molecule has 1 N–H and O–H groups in total. The van der Waals surface area contributed by atoms with Crippen LogP contribution < -0.4 is 19.7 Å². The minimum atomic E-state index is -0.132. The van der Waals surface area contributed by atoms with Crippen LogP contribution in [0.25, 0.3) is 0 Å². The van der Waals surface area contributed by atoms with Crippen LogP contribution in [0.2, 0.25) is 0 Å². The number of carbonyl (C=O) groups excluding carboxylic acids is 1. The van der Waals surface area contributed by atoms with E-state index in [9.17, 15) is 4.79 Å². The van der Waals surface area contributed by atoms with Crippen LogP contribution in [0.15, 0.2) is 36.7 Å². The number of anilines is 2. The number of benzene rings is 1. The summed E-state index contributed by atoms with van der Waals surface area (Å²) in [6.45, 7) is 6.40. The van der Waals surface area contributed by atoms with E-state index in [1.54, 1.807) is 18.5 Å². The van der Waals surface area contributed by atoms with Crippen molar-refractivity contribution >= 4 is 17.5 Å². The van der Waals surface area contributed by atoms with E-state index in [1.165, 1.54) is 0 Å². The van der Waals surface area contributed by atoms with E-state index < -0.39 is 0 Å². The van der Waals surface area contributed by atoms with Gasteiger partial charge in [-0.2, -0.15) is 0 Å². The van der Waals surface area contributed by atoms with Gasteiger partial charge in [0.2, 0.25) is 11.9 Å². The lowest BCUT2D eigenvalue weighted by Crippen LogP contribution is -2.41. The second-order valence-electron chi connectivity index (χ2n) is 6.35. The molecule has 0 bridgehead atoms. The van der Waals surface area contributed by atoms with Gasteiger partial charge >= 0.3 is 0 Å². The molecule has 1 aliphatic heterocycles. The van der Waals surface area contributed by atoms with Crippen LogP contribution in [-0.4, -0.2) is 42.2 Å². The first-order valence-corrected chi connectivity index (χ1v) is 9.43. The van der Waals surface area contributed by atoms with E-state index in [2.05, 4.69) is 20.2 Å². The maximum absolute atomic E-state index is 12.9. The molecular formula is C20H26N4O3. The lowest BCUT2D eigenvalue weighted by molar-refractivity contribution is -0.120. The van der Waals surface area contributed by atoms with Crippen molar-refractivity contribution in [1.29, 1.82) is 0 Å². The van der Waals surface area contributed by atoms with Crippen molar-refractivity contribution < 1.29 is 14.3 Å². The lowest BCUT2D eigenvalue weighted by atomic mass is 9.97. The van der Waals surface area contributed by atoms with Gasteiger partial charge in [-0.05, 0) is 44.9 Å². The number of hydrogen-bond acceptors (Lipinski definition) is 6. The standard InChI is InChI=1S/C20H26N4O3/c1-3-26-16-8-9-18(27-4-2)17(13-16)23-19(25)15-7-5-12-24(14-15)20-21-10-6-11-22-20/h6,8-11,13,15H,3-5,7,12,14H2,1-2H3,(H,23,25)/t15-/m1/s1. The summed E-state index contributed by atoms with van der Waals surface area (Å²) in [5.41, 5.74) is 0.640. The smallest absolute Gasteiger partial charge is 0.229 e. The van der Waals surface area contributed by atoms with Crippen LogP contribution >= 0.6 is 0 Å². The minimum Gasteiger partial charge on any atom is -0.494 e. The predicted octanol–water partition coefficient (Wildman–Crippen LogP) is 3.13. The molecule has 1 atom stereocenters. The summed E-state index contributed by atoms with van der Waals surface area (Å²) >= 11 is 0. The maximum Gasteiger partial charge on any atom is 0.229 e. The van der Waals surface area contributed by atoms with Crippen molar-refractivity contribution in [3.8, 4) is 11.5 Å². The monoisotopic (exact) mass is 370 g/mol. The molecule has 7 heteroatoms. The quantitative estimate of drug-likeness (QED) is 0.807. The van der Waals surface area contributed by atoms with E-state index in [4.69, 9.17) is 9.47 Å². The highest BCUT2D eigenvalue weighted by atomic mass is 16.5. The molecule has 2 aromatic rings. The van der Waals surface area contributed by atoms with Gasteiger partial charge in [0.25, 0.3) is 0 Å². The molecule has 7 nitrogen and oxygen atoms in total. The summed E-state index contributed by atoms with van der Waals surface area (Å²) in [5.74, 6) is 1.87. The van der Waals surface area contributed by atoms with Gasteiger partial charge in [0.1, 0.15) is 11.5 Å². The fraction of sp³-hybridized carbons (Fsp3) is 0.450. The van der Waals surface area contributed by atoms with Crippen molar-refractivity contribution in [2.45, 2.75) is 26.7 Å². The number of rotatable bonds is 7. The Morgan fingerprint density at radius 3 is 2.74 bits per heavy atom. The van der Waals surface area contributed by atoms with Gasteiger partial charge in [-0.3, -0.25) is 4.79 Å². The number of amides is 1. The van der Waals surface area contributed by atoms with Gasteiger partial charge in [0.15, 0.2) is 0 Å². The number of nitrogens with one attached hydrogen (secondary N) is 1. The first-order chi connectivity index (χ1) is 13.2. The molecule has 144 valence electrons. The molecule has 2 heterocycles. The first kappa shape index (κ1) is 18.9. The molecular weight excluding hydrogens is 344 g/mol. The highest BCUT2D eigenvalue weighted by Crippen LogP contribution is 2.31. The number of hydrogen-bond donors (Lipinski definition) is 1. The molecule has 0 saturated carbocycles. The molecule has 1 amide bonds. The van der Waals surface area contributed by atoms with Crippen LogP contribution in [0, 0.1) is 5.92 Å². The summed E-state index contributed by atoms with van der Waals surface area (Å²) in [7, 11) is 0. The Hall–Kier alpha value is -2.83. The van der Waals surface area contributed by atoms with Gasteiger partial charge in [-0.1, -0.05) is 0 Å². The molecule has 1 aromatic heterocycles. The zero-order chi connectivity index (χ0) is 19.1. The molecule has 1 aromatic carbocycles. The third-order valence-electron chi connectivity index (χ3n) is 4.45. The molecule has 1 aliphatic rings. The van der Waals surface area contributed by atoms with Crippen molar-refractivity contribution in [2.75, 3.05) is 36.5 Å². The Kier molecular flexibility index (Phi) is 6.46. The average molecular weight is 370 g/mol. The third kappa shape index (κ3) is 4.87. The summed E-state index contributed by atoms with van der Waals surface area (Å²) in [4.78, 5) is 23.6. The number of piperidine rings is 1. The molecule has 0 aliphatic carbocycles. The summed E-state index contributed by atoms with van der Waals surface area (Å²) < 4.78 is 11.2. The number of aromatic nitrogens is 2. The second-order valence-corrected chi connectivity index (χ2v) is 6.35. The number of carbonyl (C=O) groups is 1. The third-order valence-corrected chi connectivity index (χ3v) is 4.45. The highest BCUT2D eigenvalue weighted by molar-refractivity contribution is 5.94. The van der Waals surface area contributed by atoms with Crippen molar-refractivity contribution in [3.05, 3.63) is 36.7 Å². The lowest BCUT2D eigenvalue weighted by Gasteiger charge is -2.32. The van der Waals surface area contributed by atoms with E-state index in [-0.39, 0.29) is 11.8 Å². The van der Waals surface area contributed by atoms with Crippen LogP contribution in [0.3, 0.4) is 0 Å². The van der Waals surface area contributed by atoms with Crippen LogP contribution in [0.4, 0.5) is 11.6 Å². The van der Waals surface area contributed by atoms with E-state index >= 15 is 0 Å². The topological polar surface area (TPSA) is 76.6 Å². The van der Waals surface area contributed by atoms with Gasteiger partial charge in [0.05, 0.1) is 24.8 Å². The Bertz CT molecular complexity index is 754. The van der Waals surface area contributed by atoms with Gasteiger partial charge in [-0.15, -0.1) is 0 Å². The molecule has 1 fully saturated rings. The van der Waals surface area contributed by atoms with E-state index in [1.807, 2.05) is 32.0 Å². The van der Waals surface area contributed by atoms with Crippen molar-refractivity contribution in [3.63, 3.8) is 0 Å². The molecule has 27 heavy (non-hydrogen) atoms. The van der Waals surface area contributed by atoms with Crippen molar-refractivity contribution in [1.82, 2.24) is 9.97 Å². The molecule has 0 radical (unpaired) electrons. The Morgan fingerprint density at radius 2 is 2.00 bits per heavy atom. The zero-order valence-electron chi connectivity index (χ0n) is 15.9. The van der Waals surface area contributed by atoms with Crippen LogP contribution in [0.1, 0.15) is 26.7 Å². The van der Waals surface area contributed by atoms with Gasteiger partial charge in [0, 0.05) is 31.5 Å². The fourth-order valence-electron chi connectivity index (χ4n) is 3.21. The van der Waals surface area contributed by atoms with E-state index in [0.29, 0.717) is 42.9 Å². The largest absolute Gasteiger partial charge is 0.494 e. The van der Waals surface area contributed by atoms with E-state index in [0.717, 1.165) is 19.4 Å². The molecule has 1 saturated heterocycles. The Morgan fingerprint density at radius 1 is 1.22 bits per heavy atom. The fourth-order valence-corrected chi connectivity index (χ4v) is 3.21. The first-order valence-electron chi connectivity index (χ1n) is 9.43. The summed E-state index contributed by atoms with van der Waals surface area (Å²) in [6.07, 6.45) is 5.21. The zero-order valence-corrected chi connectivity index (χ0v) is 15.9. The number of nitrogens with zero attached hydrogens (tertiary/aromatic N) is 3. The normalized spacial score (nSPS) is 16.7. The summed E-state index contributed by atoms with van der Waals surface area (Å²) in [5, 5.41) is 3.02. The maximum atomic E-state index is 12.9. The molecule has 3 rings (SSSR count). The van der Waals surface area contributed by atoms with Crippen LogP contribution in [-0.2, 0) is 4.79 Å². The second kappa shape index (κ2) is 9.21. The van der Waals surface area contributed by atoms with Gasteiger partial charge < -0.3 is 19.7 Å². The van der Waals surface area contributed by atoms with Crippen LogP contribution in [0.5, 0.6) is 11.5 Å². The molecule has 0 spiro atoms. The van der Waals surface area contributed by atoms with Gasteiger partial charge in [-0.25, -0.2) is 9.97 Å². The summed E-state index contributed by atoms with van der Waals surface area (Å²) in [6, 6.07) is 7.28. The Labute approximate surface area is 159 Å². The van der Waals surface area contributed by atoms with Crippen molar-refractivity contribution in [2.24, 2.45) is 5.92 Å². The Balaban J connectivity index is 1.71. The predicted molar refractivity (Wildman–Crippen MR) is 104 cm³/mol. The highest BCUT2D eigenvalue weighted by Gasteiger charge is 2.27. The average Bonchev–Trinajstić information content (AvgIpc) is 2.71.